The lowest BCUT2D eigenvalue weighted by Gasteiger charge is -2.24. The first-order valence-corrected chi connectivity index (χ1v) is 4.88. The lowest BCUT2D eigenvalue weighted by Crippen LogP contribution is -2.23. The van der Waals surface area contributed by atoms with Crippen molar-refractivity contribution in [2.45, 2.75) is 39.7 Å². The minimum absolute atomic E-state index is 0.311. The number of aliphatic hydroxyl groups is 1. The molecule has 0 saturated carbocycles. The molecule has 1 aromatic carbocycles. The second kappa shape index (κ2) is 3.70. The van der Waals surface area contributed by atoms with Crippen LogP contribution in [0.3, 0.4) is 0 Å². The second-order valence-electron chi connectivity index (χ2n) is 4.07. The maximum absolute atomic E-state index is 13.6. The molecule has 2 heteroatoms. The highest BCUT2D eigenvalue weighted by Gasteiger charge is 2.26. The van der Waals surface area contributed by atoms with Gasteiger partial charge in [0.1, 0.15) is 5.82 Å². The predicted octanol–water partition coefficient (Wildman–Crippen LogP) is 3.06. The minimum Gasteiger partial charge on any atom is -0.385 e. The molecule has 0 aromatic heterocycles. The average Bonchev–Trinajstić information content (AvgIpc) is 2.01. The van der Waals surface area contributed by atoms with Crippen molar-refractivity contribution < 1.29 is 9.50 Å². The Bertz CT molecular complexity index is 319. The SMILES string of the molecule is CCC(C)(O)c1c(C)cc(C)cc1F. The van der Waals surface area contributed by atoms with Crippen molar-refractivity contribution in [3.63, 3.8) is 0 Å². The van der Waals surface area contributed by atoms with Crippen molar-refractivity contribution in [2.75, 3.05) is 0 Å². The summed E-state index contributed by atoms with van der Waals surface area (Å²) >= 11 is 0. The summed E-state index contributed by atoms with van der Waals surface area (Å²) in [5.41, 5.74) is 1.05. The van der Waals surface area contributed by atoms with Crippen molar-refractivity contribution in [3.05, 3.63) is 34.6 Å². The van der Waals surface area contributed by atoms with Gasteiger partial charge in [-0.15, -0.1) is 0 Å². The summed E-state index contributed by atoms with van der Waals surface area (Å²) < 4.78 is 13.6. The average molecular weight is 196 g/mol. The molecular weight excluding hydrogens is 179 g/mol. The third kappa shape index (κ3) is 1.95. The number of hydrogen-bond acceptors (Lipinski definition) is 1. The second-order valence-corrected chi connectivity index (χ2v) is 4.07. The van der Waals surface area contributed by atoms with Crippen LogP contribution in [-0.2, 0) is 5.60 Å². The fourth-order valence-corrected chi connectivity index (χ4v) is 1.77. The van der Waals surface area contributed by atoms with E-state index in [1.54, 1.807) is 6.92 Å². The zero-order chi connectivity index (χ0) is 10.9. The highest BCUT2D eigenvalue weighted by molar-refractivity contribution is 5.35. The van der Waals surface area contributed by atoms with Crippen LogP contribution in [0.5, 0.6) is 0 Å². The summed E-state index contributed by atoms with van der Waals surface area (Å²) in [6, 6.07) is 3.36. The van der Waals surface area contributed by atoms with Gasteiger partial charge in [-0.2, -0.15) is 0 Å². The maximum Gasteiger partial charge on any atom is 0.129 e. The standard InChI is InChI=1S/C12H17FO/c1-5-12(4,14)11-9(3)6-8(2)7-10(11)13/h6-7,14H,5H2,1-4H3. The van der Waals surface area contributed by atoms with Gasteiger partial charge in [0.05, 0.1) is 5.60 Å². The summed E-state index contributed by atoms with van der Waals surface area (Å²) in [5, 5.41) is 10.0. The van der Waals surface area contributed by atoms with Crippen molar-refractivity contribution in [2.24, 2.45) is 0 Å². The van der Waals surface area contributed by atoms with E-state index in [4.69, 9.17) is 0 Å². The van der Waals surface area contributed by atoms with Crippen molar-refractivity contribution >= 4 is 0 Å². The lowest BCUT2D eigenvalue weighted by molar-refractivity contribution is 0.0486. The summed E-state index contributed by atoms with van der Waals surface area (Å²) in [5.74, 6) is -0.311. The number of benzene rings is 1. The Labute approximate surface area is 84.6 Å². The largest absolute Gasteiger partial charge is 0.385 e. The van der Waals surface area contributed by atoms with Gasteiger partial charge < -0.3 is 5.11 Å². The third-order valence-corrected chi connectivity index (χ3v) is 2.66. The zero-order valence-corrected chi connectivity index (χ0v) is 9.19. The molecule has 0 radical (unpaired) electrons. The van der Waals surface area contributed by atoms with E-state index < -0.39 is 5.60 Å². The quantitative estimate of drug-likeness (QED) is 0.770. The molecule has 0 bridgehead atoms. The van der Waals surface area contributed by atoms with Crippen molar-refractivity contribution in [3.8, 4) is 0 Å². The lowest BCUT2D eigenvalue weighted by atomic mass is 9.88. The number of hydrogen-bond donors (Lipinski definition) is 1. The summed E-state index contributed by atoms with van der Waals surface area (Å²) in [4.78, 5) is 0. The topological polar surface area (TPSA) is 20.2 Å². The van der Waals surface area contributed by atoms with Gasteiger partial charge in [-0.1, -0.05) is 13.0 Å². The number of halogens is 1. The summed E-state index contributed by atoms with van der Waals surface area (Å²) in [6.07, 6.45) is 0.508. The van der Waals surface area contributed by atoms with Gasteiger partial charge in [0.25, 0.3) is 0 Å². The number of rotatable bonds is 2. The minimum atomic E-state index is -1.07. The first kappa shape index (κ1) is 11.2. The van der Waals surface area contributed by atoms with Gasteiger partial charge >= 0.3 is 0 Å². The van der Waals surface area contributed by atoms with E-state index in [1.807, 2.05) is 26.8 Å². The Morgan fingerprint density at radius 1 is 1.36 bits per heavy atom. The fourth-order valence-electron chi connectivity index (χ4n) is 1.77. The van der Waals surface area contributed by atoms with E-state index in [1.165, 1.54) is 6.07 Å². The van der Waals surface area contributed by atoms with Crippen molar-refractivity contribution in [1.29, 1.82) is 0 Å². The van der Waals surface area contributed by atoms with Crippen LogP contribution in [0.25, 0.3) is 0 Å². The van der Waals surface area contributed by atoms with Crippen LogP contribution in [-0.4, -0.2) is 5.11 Å². The summed E-state index contributed by atoms with van der Waals surface area (Å²) in [6.45, 7) is 7.17. The molecule has 0 heterocycles. The smallest absolute Gasteiger partial charge is 0.129 e. The van der Waals surface area contributed by atoms with E-state index in [0.29, 0.717) is 12.0 Å². The predicted molar refractivity (Wildman–Crippen MR) is 55.7 cm³/mol. The number of aryl methyl sites for hydroxylation is 2. The highest BCUT2D eigenvalue weighted by atomic mass is 19.1. The summed E-state index contributed by atoms with van der Waals surface area (Å²) in [7, 11) is 0. The monoisotopic (exact) mass is 196 g/mol. The molecule has 14 heavy (non-hydrogen) atoms. The van der Waals surface area contributed by atoms with Crippen LogP contribution < -0.4 is 0 Å². The van der Waals surface area contributed by atoms with Crippen LogP contribution in [0.1, 0.15) is 37.0 Å². The van der Waals surface area contributed by atoms with Gasteiger partial charge in [-0.3, -0.25) is 0 Å². The molecule has 0 aliphatic heterocycles. The molecule has 78 valence electrons. The Hall–Kier alpha value is -0.890. The Balaban J connectivity index is 3.35. The highest BCUT2D eigenvalue weighted by Crippen LogP contribution is 2.30. The van der Waals surface area contributed by atoms with Crippen LogP contribution in [0, 0.1) is 19.7 Å². The van der Waals surface area contributed by atoms with Crippen LogP contribution >= 0.6 is 0 Å². The molecule has 0 aliphatic rings. The van der Waals surface area contributed by atoms with E-state index >= 15 is 0 Å². The van der Waals surface area contributed by atoms with E-state index in [2.05, 4.69) is 0 Å². The molecule has 1 aromatic rings. The van der Waals surface area contributed by atoms with Gasteiger partial charge in [0.2, 0.25) is 0 Å². The Kier molecular flexibility index (Phi) is 2.95. The normalized spacial score (nSPS) is 15.3. The maximum atomic E-state index is 13.6. The van der Waals surface area contributed by atoms with Gasteiger partial charge in [0.15, 0.2) is 0 Å². The zero-order valence-electron chi connectivity index (χ0n) is 9.19. The molecule has 1 unspecified atom stereocenters. The van der Waals surface area contributed by atoms with Crippen molar-refractivity contribution in [1.82, 2.24) is 0 Å². The van der Waals surface area contributed by atoms with Gasteiger partial charge in [-0.25, -0.2) is 4.39 Å². The molecule has 0 fully saturated rings. The molecule has 0 spiro atoms. The molecule has 0 aliphatic carbocycles. The molecule has 1 atom stereocenters. The third-order valence-electron chi connectivity index (χ3n) is 2.66. The molecule has 1 rings (SSSR count). The fraction of sp³-hybridized carbons (Fsp3) is 0.500. The molecular formula is C12H17FO. The van der Waals surface area contributed by atoms with Crippen LogP contribution in [0.15, 0.2) is 12.1 Å². The first-order valence-electron chi connectivity index (χ1n) is 4.88. The van der Waals surface area contributed by atoms with Crippen LogP contribution in [0.4, 0.5) is 4.39 Å². The Morgan fingerprint density at radius 3 is 2.36 bits per heavy atom. The van der Waals surface area contributed by atoms with E-state index in [9.17, 15) is 9.50 Å². The first-order chi connectivity index (χ1) is 6.38. The van der Waals surface area contributed by atoms with Crippen LogP contribution in [0.2, 0.25) is 0 Å². The molecule has 0 saturated heterocycles. The molecule has 0 amide bonds. The van der Waals surface area contributed by atoms with Gasteiger partial charge in [-0.05, 0) is 44.4 Å². The molecule has 1 N–H and O–H groups in total. The van der Waals surface area contributed by atoms with Gasteiger partial charge in [0, 0.05) is 5.56 Å². The Morgan fingerprint density at radius 2 is 1.93 bits per heavy atom. The molecule has 1 nitrogen and oxygen atoms in total. The van der Waals surface area contributed by atoms with E-state index in [0.717, 1.165) is 11.1 Å². The van der Waals surface area contributed by atoms with E-state index in [-0.39, 0.29) is 5.82 Å².